The first kappa shape index (κ1) is 19.6. The van der Waals surface area contributed by atoms with Crippen molar-refractivity contribution in [2.24, 2.45) is 18.9 Å². The first-order chi connectivity index (χ1) is 14.0. The molecule has 1 aliphatic rings. The molecule has 0 radical (unpaired) electrons. The Morgan fingerprint density at radius 1 is 1.28 bits per heavy atom. The molecule has 0 unspecified atom stereocenters. The van der Waals surface area contributed by atoms with Gasteiger partial charge in [-0.1, -0.05) is 32.0 Å². The Kier molecular flexibility index (Phi) is 5.62. The number of carbonyl (C=O) groups is 1. The Morgan fingerprint density at radius 2 is 2.10 bits per heavy atom. The van der Waals surface area contributed by atoms with Crippen LogP contribution in [0.15, 0.2) is 42.6 Å². The van der Waals surface area contributed by atoms with Gasteiger partial charge in [0.15, 0.2) is 0 Å². The fraction of sp³-hybridized carbons (Fsp3) is 0.435. The molecule has 1 amide bonds. The Labute approximate surface area is 171 Å². The molecule has 6 nitrogen and oxygen atoms in total. The summed E-state index contributed by atoms with van der Waals surface area (Å²) >= 11 is 0. The number of pyridine rings is 1. The standard InChI is InChI=1S/C23H28N4O2/c1-15(2)10-18-12-22(27(3)26-18)23(28)25-21-14-29-13-17(21)11-16-8-9-24-20-7-5-4-6-19(16)20/h4-9,12,15,17,21H,10-11,13-14H2,1-3H3,(H,25,28)/t17-,21+/m1/s1. The van der Waals surface area contributed by atoms with E-state index in [0.717, 1.165) is 29.4 Å². The van der Waals surface area contributed by atoms with Crippen LogP contribution in [0.3, 0.4) is 0 Å². The molecule has 0 aliphatic carbocycles. The highest BCUT2D eigenvalue weighted by atomic mass is 16.5. The number of nitrogens with one attached hydrogen (secondary N) is 1. The number of benzene rings is 1. The van der Waals surface area contributed by atoms with Gasteiger partial charge in [0.05, 0.1) is 30.5 Å². The Balaban J connectivity index is 1.47. The number of rotatable bonds is 6. The van der Waals surface area contributed by atoms with Gasteiger partial charge in [-0.3, -0.25) is 14.5 Å². The first-order valence-corrected chi connectivity index (χ1v) is 10.3. The lowest BCUT2D eigenvalue weighted by Crippen LogP contribution is -2.41. The van der Waals surface area contributed by atoms with Crippen molar-refractivity contribution in [3.63, 3.8) is 0 Å². The number of hydrogen-bond donors (Lipinski definition) is 1. The Morgan fingerprint density at radius 3 is 2.93 bits per heavy atom. The minimum atomic E-state index is -0.0879. The molecule has 1 aliphatic heterocycles. The fourth-order valence-corrected chi connectivity index (χ4v) is 4.07. The summed E-state index contributed by atoms with van der Waals surface area (Å²) in [5.41, 5.74) is 3.79. The molecule has 1 saturated heterocycles. The van der Waals surface area contributed by atoms with E-state index in [2.05, 4.69) is 41.4 Å². The van der Waals surface area contributed by atoms with Crippen molar-refractivity contribution < 1.29 is 9.53 Å². The van der Waals surface area contributed by atoms with Crippen molar-refractivity contribution in [1.29, 1.82) is 0 Å². The molecule has 0 bridgehead atoms. The zero-order valence-electron chi connectivity index (χ0n) is 17.3. The highest BCUT2D eigenvalue weighted by Gasteiger charge is 2.31. The third kappa shape index (κ3) is 4.32. The topological polar surface area (TPSA) is 69.0 Å². The van der Waals surface area contributed by atoms with E-state index in [1.165, 1.54) is 5.56 Å². The smallest absolute Gasteiger partial charge is 0.269 e. The van der Waals surface area contributed by atoms with Crippen LogP contribution in [0.5, 0.6) is 0 Å². The Hall–Kier alpha value is -2.73. The summed E-state index contributed by atoms with van der Waals surface area (Å²) in [4.78, 5) is 17.3. The summed E-state index contributed by atoms with van der Waals surface area (Å²) in [5, 5.41) is 8.83. The van der Waals surface area contributed by atoms with Crippen molar-refractivity contribution in [1.82, 2.24) is 20.1 Å². The number of aromatic nitrogens is 3. The lowest BCUT2D eigenvalue weighted by Gasteiger charge is -2.20. The zero-order chi connectivity index (χ0) is 20.4. The minimum Gasteiger partial charge on any atom is -0.379 e. The summed E-state index contributed by atoms with van der Waals surface area (Å²) < 4.78 is 7.40. The molecular weight excluding hydrogens is 364 g/mol. The van der Waals surface area contributed by atoms with Crippen molar-refractivity contribution in [3.05, 3.63) is 59.5 Å². The molecule has 2 aromatic heterocycles. The van der Waals surface area contributed by atoms with E-state index in [-0.39, 0.29) is 17.9 Å². The number of nitrogens with zero attached hydrogens (tertiary/aromatic N) is 3. The average Bonchev–Trinajstić information content (AvgIpc) is 3.27. The molecule has 1 aromatic carbocycles. The maximum absolute atomic E-state index is 12.9. The van der Waals surface area contributed by atoms with Gasteiger partial charge >= 0.3 is 0 Å². The minimum absolute atomic E-state index is 0.0159. The van der Waals surface area contributed by atoms with Crippen molar-refractivity contribution >= 4 is 16.8 Å². The van der Waals surface area contributed by atoms with Gasteiger partial charge in [0, 0.05) is 24.5 Å². The molecule has 29 heavy (non-hydrogen) atoms. The second kappa shape index (κ2) is 8.33. The summed E-state index contributed by atoms with van der Waals surface area (Å²) in [6, 6.07) is 12.1. The number of amides is 1. The van der Waals surface area contributed by atoms with Crippen LogP contribution >= 0.6 is 0 Å². The van der Waals surface area contributed by atoms with Crippen LogP contribution in [0.25, 0.3) is 10.9 Å². The van der Waals surface area contributed by atoms with Crippen LogP contribution in [-0.4, -0.2) is 39.9 Å². The van der Waals surface area contributed by atoms with Gasteiger partial charge in [-0.25, -0.2) is 0 Å². The SMILES string of the molecule is CC(C)Cc1cc(C(=O)N[C@H]2COC[C@H]2Cc2ccnc3ccccc23)n(C)n1. The zero-order valence-corrected chi connectivity index (χ0v) is 17.3. The van der Waals surface area contributed by atoms with Crippen LogP contribution in [0.1, 0.15) is 35.6 Å². The summed E-state index contributed by atoms with van der Waals surface area (Å²) in [7, 11) is 1.82. The number of aryl methyl sites for hydroxylation is 1. The molecule has 1 fully saturated rings. The normalized spacial score (nSPS) is 19.2. The molecule has 152 valence electrons. The molecule has 0 spiro atoms. The molecule has 6 heteroatoms. The van der Waals surface area contributed by atoms with E-state index >= 15 is 0 Å². The maximum Gasteiger partial charge on any atom is 0.269 e. The van der Waals surface area contributed by atoms with Crippen LogP contribution < -0.4 is 5.32 Å². The predicted molar refractivity (Wildman–Crippen MR) is 113 cm³/mol. The quantitative estimate of drug-likeness (QED) is 0.700. The van der Waals surface area contributed by atoms with E-state index in [1.54, 1.807) is 4.68 Å². The number of ether oxygens (including phenoxy) is 1. The second-order valence-electron chi connectivity index (χ2n) is 8.31. The largest absolute Gasteiger partial charge is 0.379 e. The van der Waals surface area contributed by atoms with Gasteiger partial charge in [-0.15, -0.1) is 0 Å². The van der Waals surface area contributed by atoms with Crippen molar-refractivity contribution in [2.75, 3.05) is 13.2 Å². The molecule has 3 aromatic rings. The van der Waals surface area contributed by atoms with Crippen LogP contribution in [-0.2, 0) is 24.6 Å². The Bertz CT molecular complexity index is 1010. The molecular formula is C23H28N4O2. The summed E-state index contributed by atoms with van der Waals surface area (Å²) in [5.74, 6) is 0.645. The fourth-order valence-electron chi connectivity index (χ4n) is 4.07. The summed E-state index contributed by atoms with van der Waals surface area (Å²) in [6.07, 6.45) is 3.57. The highest BCUT2D eigenvalue weighted by molar-refractivity contribution is 5.93. The van der Waals surface area contributed by atoms with Gasteiger partial charge in [0.1, 0.15) is 5.69 Å². The first-order valence-electron chi connectivity index (χ1n) is 10.3. The van der Waals surface area contributed by atoms with E-state index in [0.29, 0.717) is 24.8 Å². The molecule has 3 heterocycles. The monoisotopic (exact) mass is 392 g/mol. The number of carbonyl (C=O) groups excluding carboxylic acids is 1. The van der Waals surface area contributed by atoms with E-state index in [1.807, 2.05) is 37.5 Å². The summed E-state index contributed by atoms with van der Waals surface area (Å²) in [6.45, 7) is 5.48. The molecule has 2 atom stereocenters. The average molecular weight is 393 g/mol. The lowest BCUT2D eigenvalue weighted by molar-refractivity contribution is 0.0915. The van der Waals surface area contributed by atoms with Gasteiger partial charge in [-0.05, 0) is 42.5 Å². The van der Waals surface area contributed by atoms with Crippen molar-refractivity contribution in [3.8, 4) is 0 Å². The number of fused-ring (bicyclic) bond motifs is 1. The van der Waals surface area contributed by atoms with Crippen molar-refractivity contribution in [2.45, 2.75) is 32.7 Å². The third-order valence-corrected chi connectivity index (χ3v) is 5.52. The van der Waals surface area contributed by atoms with Gasteiger partial charge < -0.3 is 10.1 Å². The van der Waals surface area contributed by atoms with Crippen LogP contribution in [0.2, 0.25) is 0 Å². The van der Waals surface area contributed by atoms with E-state index in [9.17, 15) is 4.79 Å². The number of hydrogen-bond acceptors (Lipinski definition) is 4. The second-order valence-corrected chi connectivity index (χ2v) is 8.31. The highest BCUT2D eigenvalue weighted by Crippen LogP contribution is 2.24. The third-order valence-electron chi connectivity index (χ3n) is 5.52. The lowest BCUT2D eigenvalue weighted by atomic mass is 9.93. The molecule has 0 saturated carbocycles. The maximum atomic E-state index is 12.9. The van der Waals surface area contributed by atoms with Gasteiger partial charge in [0.25, 0.3) is 5.91 Å². The van der Waals surface area contributed by atoms with Gasteiger partial charge in [0.2, 0.25) is 0 Å². The van der Waals surface area contributed by atoms with E-state index in [4.69, 9.17) is 4.74 Å². The van der Waals surface area contributed by atoms with E-state index < -0.39 is 0 Å². The molecule has 1 N–H and O–H groups in total. The predicted octanol–water partition coefficient (Wildman–Crippen LogP) is 3.15. The van der Waals surface area contributed by atoms with Crippen LogP contribution in [0.4, 0.5) is 0 Å². The molecule has 4 rings (SSSR count). The van der Waals surface area contributed by atoms with Gasteiger partial charge in [-0.2, -0.15) is 5.10 Å². The van der Waals surface area contributed by atoms with Crippen LogP contribution in [0, 0.1) is 11.8 Å². The number of para-hydroxylation sites is 1.